The fourth-order valence-corrected chi connectivity index (χ4v) is 3.26. The summed E-state index contributed by atoms with van der Waals surface area (Å²) in [5, 5.41) is 10.9. The van der Waals surface area contributed by atoms with Crippen LogP contribution in [0, 0.1) is 5.92 Å². The van der Waals surface area contributed by atoms with Gasteiger partial charge in [0.15, 0.2) is 5.82 Å². The minimum atomic E-state index is -4.27. The Hall–Kier alpha value is -3.24. The first-order valence-electron chi connectivity index (χ1n) is 8.57. The number of hydrogen-bond acceptors (Lipinski definition) is 5. The predicted octanol–water partition coefficient (Wildman–Crippen LogP) is 1.57. The first kappa shape index (κ1) is 18.1. The molecule has 8 nitrogen and oxygen atoms in total. The van der Waals surface area contributed by atoms with Crippen molar-refractivity contribution in [3.8, 4) is 0 Å². The molecule has 1 aliphatic heterocycles. The van der Waals surface area contributed by atoms with Gasteiger partial charge >= 0.3 is 6.18 Å². The Kier molecular flexibility index (Phi) is 4.36. The van der Waals surface area contributed by atoms with Gasteiger partial charge in [-0.3, -0.25) is 9.59 Å². The number of aromatic amines is 1. The third kappa shape index (κ3) is 3.35. The quantitative estimate of drug-likeness (QED) is 0.704. The molecule has 3 aromatic heterocycles. The van der Waals surface area contributed by atoms with Gasteiger partial charge in [-0.25, -0.2) is 4.98 Å². The fourth-order valence-electron chi connectivity index (χ4n) is 3.26. The van der Waals surface area contributed by atoms with Crippen LogP contribution in [0.25, 0.3) is 11.0 Å². The summed E-state index contributed by atoms with van der Waals surface area (Å²) in [6.45, 7) is 0.0764. The maximum atomic E-state index is 12.9. The summed E-state index contributed by atoms with van der Waals surface area (Å²) in [5.74, 6) is -1.46. The molecule has 0 spiro atoms. The number of pyridine rings is 2. The molecule has 0 aromatic carbocycles. The highest BCUT2D eigenvalue weighted by molar-refractivity contribution is 5.96. The molecule has 0 bridgehead atoms. The number of rotatable bonds is 3. The summed E-state index contributed by atoms with van der Waals surface area (Å²) >= 11 is 0. The molecular formula is C17H15F3N6O2. The van der Waals surface area contributed by atoms with Crippen LogP contribution in [0.4, 0.5) is 13.2 Å². The standard InChI is InChI=1S/C17H15F3N6O2/c18-17(19,20)10-3-5-26-12(7-10)24-25-13(26)8-22-15(27)11-6-9-2-1-4-21-14(9)23-16(11)28/h1-2,4,6,10H,3,5,7-8H2,(H,22,27)(H,21,23,28)/t10-/m1/s1. The molecule has 4 heterocycles. The first-order chi connectivity index (χ1) is 13.3. The molecule has 1 aliphatic rings. The van der Waals surface area contributed by atoms with Crippen molar-refractivity contribution >= 4 is 16.9 Å². The van der Waals surface area contributed by atoms with Crippen molar-refractivity contribution in [3.05, 3.63) is 52.0 Å². The van der Waals surface area contributed by atoms with Crippen LogP contribution < -0.4 is 10.9 Å². The molecular weight excluding hydrogens is 377 g/mol. The summed E-state index contributed by atoms with van der Waals surface area (Å²) in [6.07, 6.45) is -3.04. The van der Waals surface area contributed by atoms with Crippen LogP contribution in [0.3, 0.4) is 0 Å². The molecule has 0 saturated heterocycles. The number of aromatic nitrogens is 5. The number of alkyl halides is 3. The van der Waals surface area contributed by atoms with E-state index in [0.29, 0.717) is 16.9 Å². The van der Waals surface area contributed by atoms with Crippen LogP contribution in [-0.4, -0.2) is 36.8 Å². The second-order valence-electron chi connectivity index (χ2n) is 6.55. The molecule has 0 radical (unpaired) electrons. The van der Waals surface area contributed by atoms with Gasteiger partial charge in [-0.2, -0.15) is 13.2 Å². The Morgan fingerprint density at radius 1 is 1.36 bits per heavy atom. The Balaban J connectivity index is 1.49. The number of amides is 1. The molecule has 0 unspecified atom stereocenters. The summed E-state index contributed by atoms with van der Waals surface area (Å²) in [4.78, 5) is 31.0. The molecule has 0 saturated carbocycles. The summed E-state index contributed by atoms with van der Waals surface area (Å²) < 4.78 is 40.2. The van der Waals surface area contributed by atoms with Gasteiger partial charge in [0.1, 0.15) is 17.0 Å². The van der Waals surface area contributed by atoms with Gasteiger partial charge in [-0.15, -0.1) is 10.2 Å². The van der Waals surface area contributed by atoms with E-state index in [1.807, 2.05) is 0 Å². The molecule has 1 amide bonds. The molecule has 2 N–H and O–H groups in total. The topological polar surface area (TPSA) is 106 Å². The normalized spacial score (nSPS) is 16.8. The number of carbonyl (C=O) groups excluding carboxylic acids is 1. The SMILES string of the molecule is O=C(NCc1nnc2n1CC[C@@H](C(F)(F)F)C2)c1cc2cccnc2[nH]c1=O. The van der Waals surface area contributed by atoms with Crippen LogP contribution in [-0.2, 0) is 19.5 Å². The predicted molar refractivity (Wildman–Crippen MR) is 91.4 cm³/mol. The van der Waals surface area contributed by atoms with Crippen molar-refractivity contribution in [2.24, 2.45) is 5.92 Å². The second-order valence-corrected chi connectivity index (χ2v) is 6.55. The van der Waals surface area contributed by atoms with Gasteiger partial charge in [-0.1, -0.05) is 0 Å². The van der Waals surface area contributed by atoms with Crippen molar-refractivity contribution in [2.75, 3.05) is 0 Å². The summed E-state index contributed by atoms with van der Waals surface area (Å²) in [6, 6.07) is 4.82. The largest absolute Gasteiger partial charge is 0.392 e. The molecule has 146 valence electrons. The van der Waals surface area contributed by atoms with Gasteiger partial charge in [-0.05, 0) is 24.6 Å². The molecule has 0 fully saturated rings. The van der Waals surface area contributed by atoms with Crippen LogP contribution in [0.2, 0.25) is 0 Å². The van der Waals surface area contributed by atoms with E-state index in [1.54, 1.807) is 16.7 Å². The maximum absolute atomic E-state index is 12.9. The van der Waals surface area contributed by atoms with Crippen molar-refractivity contribution in [1.29, 1.82) is 0 Å². The van der Waals surface area contributed by atoms with Gasteiger partial charge in [0.2, 0.25) is 0 Å². The number of carbonyl (C=O) groups is 1. The zero-order valence-electron chi connectivity index (χ0n) is 14.5. The van der Waals surface area contributed by atoms with E-state index >= 15 is 0 Å². The number of halogens is 3. The van der Waals surface area contributed by atoms with E-state index in [4.69, 9.17) is 0 Å². The lowest BCUT2D eigenvalue weighted by Gasteiger charge is -2.25. The minimum absolute atomic E-state index is 0.0486. The fraction of sp³-hybridized carbons (Fsp3) is 0.353. The molecule has 4 rings (SSSR count). The number of nitrogens with one attached hydrogen (secondary N) is 2. The van der Waals surface area contributed by atoms with E-state index in [2.05, 4.69) is 25.5 Å². The lowest BCUT2D eigenvalue weighted by Crippen LogP contribution is -2.33. The number of hydrogen-bond donors (Lipinski definition) is 2. The lowest BCUT2D eigenvalue weighted by molar-refractivity contribution is -0.179. The molecule has 11 heteroatoms. The maximum Gasteiger partial charge on any atom is 0.392 e. The van der Waals surface area contributed by atoms with Crippen molar-refractivity contribution in [2.45, 2.75) is 32.1 Å². The molecule has 28 heavy (non-hydrogen) atoms. The lowest BCUT2D eigenvalue weighted by atomic mass is 9.97. The smallest absolute Gasteiger partial charge is 0.345 e. The van der Waals surface area contributed by atoms with Gasteiger partial charge in [0.05, 0.1) is 12.5 Å². The zero-order valence-corrected chi connectivity index (χ0v) is 14.5. The Labute approximate surface area is 155 Å². The van der Waals surface area contributed by atoms with Crippen LogP contribution in [0.1, 0.15) is 28.4 Å². The van der Waals surface area contributed by atoms with E-state index in [0.717, 1.165) is 0 Å². The monoisotopic (exact) mass is 392 g/mol. The average molecular weight is 392 g/mol. The van der Waals surface area contributed by atoms with Gasteiger partial charge in [0, 0.05) is 24.5 Å². The Bertz CT molecular complexity index is 1100. The van der Waals surface area contributed by atoms with E-state index in [1.165, 1.54) is 12.3 Å². The highest BCUT2D eigenvalue weighted by Crippen LogP contribution is 2.34. The molecule has 1 atom stereocenters. The highest BCUT2D eigenvalue weighted by atomic mass is 19.4. The number of fused-ring (bicyclic) bond motifs is 2. The highest BCUT2D eigenvalue weighted by Gasteiger charge is 2.42. The molecule has 3 aromatic rings. The van der Waals surface area contributed by atoms with Crippen LogP contribution >= 0.6 is 0 Å². The van der Waals surface area contributed by atoms with Crippen LogP contribution in [0.5, 0.6) is 0 Å². The zero-order chi connectivity index (χ0) is 19.9. The average Bonchev–Trinajstić information content (AvgIpc) is 3.07. The van der Waals surface area contributed by atoms with E-state index < -0.39 is 23.6 Å². The number of H-pyrrole nitrogens is 1. The minimum Gasteiger partial charge on any atom is -0.345 e. The van der Waals surface area contributed by atoms with Gasteiger partial charge < -0.3 is 14.9 Å². The first-order valence-corrected chi connectivity index (χ1v) is 8.57. The third-order valence-electron chi connectivity index (χ3n) is 4.76. The third-order valence-corrected chi connectivity index (χ3v) is 4.76. The van der Waals surface area contributed by atoms with Crippen molar-refractivity contribution in [3.63, 3.8) is 0 Å². The Morgan fingerprint density at radius 3 is 2.96 bits per heavy atom. The Morgan fingerprint density at radius 2 is 2.18 bits per heavy atom. The van der Waals surface area contributed by atoms with Gasteiger partial charge in [0.25, 0.3) is 11.5 Å². The molecule has 0 aliphatic carbocycles. The number of nitrogens with zero attached hydrogens (tertiary/aromatic N) is 4. The summed E-state index contributed by atoms with van der Waals surface area (Å²) in [5.41, 5.74) is -0.300. The van der Waals surface area contributed by atoms with Crippen molar-refractivity contribution < 1.29 is 18.0 Å². The van der Waals surface area contributed by atoms with Crippen LogP contribution in [0.15, 0.2) is 29.2 Å². The summed E-state index contributed by atoms with van der Waals surface area (Å²) in [7, 11) is 0. The van der Waals surface area contributed by atoms with E-state index in [-0.39, 0.29) is 37.3 Å². The second kappa shape index (κ2) is 6.73. The van der Waals surface area contributed by atoms with E-state index in [9.17, 15) is 22.8 Å². The van der Waals surface area contributed by atoms with Crippen molar-refractivity contribution in [1.82, 2.24) is 30.0 Å².